The normalized spacial score (nSPS) is 19.3. The summed E-state index contributed by atoms with van der Waals surface area (Å²) in [6.45, 7) is 6.98. The van der Waals surface area contributed by atoms with E-state index >= 15 is 0 Å². The van der Waals surface area contributed by atoms with Crippen LogP contribution in [0.15, 0.2) is 53.5 Å². The highest BCUT2D eigenvalue weighted by Gasteiger charge is 2.27. The number of nitrogens with two attached hydrogens (primary N) is 1. The number of primary amides is 1. The number of aliphatic imine (C=N–C) groups is 1. The van der Waals surface area contributed by atoms with E-state index < -0.39 is 5.91 Å². The summed E-state index contributed by atoms with van der Waals surface area (Å²) < 4.78 is 6.13. The van der Waals surface area contributed by atoms with Crippen molar-refractivity contribution in [3.8, 4) is 0 Å². The molecular formula is C24H32N4O2. The summed E-state index contributed by atoms with van der Waals surface area (Å²) >= 11 is 0. The number of rotatable bonds is 7. The fourth-order valence-corrected chi connectivity index (χ4v) is 3.74. The lowest BCUT2D eigenvalue weighted by Gasteiger charge is -2.32. The second-order valence-electron chi connectivity index (χ2n) is 7.75. The van der Waals surface area contributed by atoms with Crippen molar-refractivity contribution < 1.29 is 9.53 Å². The van der Waals surface area contributed by atoms with E-state index in [9.17, 15) is 4.79 Å². The van der Waals surface area contributed by atoms with Gasteiger partial charge in [0.15, 0.2) is 5.96 Å². The maximum Gasteiger partial charge on any atom is 0.248 e. The fraction of sp³-hybridized carbons (Fsp3) is 0.417. The van der Waals surface area contributed by atoms with E-state index in [0.717, 1.165) is 44.1 Å². The molecule has 0 bridgehead atoms. The monoisotopic (exact) mass is 408 g/mol. The largest absolute Gasteiger partial charge is 0.373 e. The molecule has 2 aromatic rings. The molecule has 1 aliphatic rings. The van der Waals surface area contributed by atoms with Crippen LogP contribution in [0.2, 0.25) is 0 Å². The molecule has 1 amide bonds. The summed E-state index contributed by atoms with van der Waals surface area (Å²) in [5.74, 6) is 0.712. The number of nitrogens with one attached hydrogen (secondary N) is 2. The van der Waals surface area contributed by atoms with Gasteiger partial charge in [0.2, 0.25) is 5.91 Å². The molecule has 0 spiro atoms. The van der Waals surface area contributed by atoms with Crippen molar-refractivity contribution >= 4 is 11.9 Å². The first-order chi connectivity index (χ1) is 14.6. The van der Waals surface area contributed by atoms with E-state index in [1.807, 2.05) is 19.1 Å². The van der Waals surface area contributed by atoms with Crippen LogP contribution in [0.1, 0.15) is 52.9 Å². The van der Waals surface area contributed by atoms with E-state index in [1.165, 1.54) is 11.1 Å². The Morgan fingerprint density at radius 2 is 2.00 bits per heavy atom. The molecule has 0 saturated carbocycles. The highest BCUT2D eigenvalue weighted by molar-refractivity contribution is 5.92. The van der Waals surface area contributed by atoms with E-state index in [1.54, 1.807) is 12.1 Å². The van der Waals surface area contributed by atoms with Gasteiger partial charge in [0.25, 0.3) is 0 Å². The molecule has 160 valence electrons. The number of hydrogen-bond acceptors (Lipinski definition) is 3. The number of aryl methyl sites for hydroxylation is 1. The third-order valence-electron chi connectivity index (χ3n) is 5.36. The van der Waals surface area contributed by atoms with Gasteiger partial charge in [-0.2, -0.15) is 0 Å². The molecule has 6 heteroatoms. The zero-order chi connectivity index (χ0) is 21.3. The molecule has 1 saturated heterocycles. The van der Waals surface area contributed by atoms with Crippen molar-refractivity contribution in [3.63, 3.8) is 0 Å². The number of carbonyl (C=O) groups is 1. The Hall–Kier alpha value is -2.86. The molecule has 0 aromatic heterocycles. The summed E-state index contributed by atoms with van der Waals surface area (Å²) in [6, 6.07) is 15.9. The smallest absolute Gasteiger partial charge is 0.248 e. The van der Waals surface area contributed by atoms with Crippen molar-refractivity contribution in [3.05, 3.63) is 70.8 Å². The topological polar surface area (TPSA) is 88.7 Å². The van der Waals surface area contributed by atoms with Gasteiger partial charge in [0.05, 0.1) is 12.6 Å². The molecule has 2 unspecified atom stereocenters. The van der Waals surface area contributed by atoms with Crippen LogP contribution in [0.5, 0.6) is 0 Å². The third-order valence-corrected chi connectivity index (χ3v) is 5.36. The van der Waals surface area contributed by atoms with E-state index in [4.69, 9.17) is 10.5 Å². The lowest BCUT2D eigenvalue weighted by atomic mass is 9.89. The molecule has 1 fully saturated rings. The number of ether oxygens (including phenoxy) is 1. The standard InChI is InChI=1S/C24H32N4O2/c1-3-26-24(27-15-18-6-4-7-20(14-18)23(25)29)28-16-21-8-5-13-30-22(21)19-11-9-17(2)10-12-19/h4,6-7,9-12,14,21-22H,3,5,8,13,15-16H2,1-2H3,(H2,25,29)(H2,26,27,28). The molecule has 1 aliphatic heterocycles. The first-order valence-corrected chi connectivity index (χ1v) is 10.7. The first-order valence-electron chi connectivity index (χ1n) is 10.7. The molecule has 1 heterocycles. The first kappa shape index (κ1) is 21.8. The Balaban J connectivity index is 1.65. The van der Waals surface area contributed by atoms with E-state index in [2.05, 4.69) is 46.8 Å². The quantitative estimate of drug-likeness (QED) is 0.484. The van der Waals surface area contributed by atoms with Crippen LogP contribution in [0.3, 0.4) is 0 Å². The number of hydrogen-bond donors (Lipinski definition) is 3. The Kier molecular flexibility index (Phi) is 7.85. The van der Waals surface area contributed by atoms with Gasteiger partial charge in [-0.3, -0.25) is 4.79 Å². The predicted molar refractivity (Wildman–Crippen MR) is 120 cm³/mol. The molecule has 3 rings (SSSR count). The maximum atomic E-state index is 11.4. The van der Waals surface area contributed by atoms with Crippen molar-refractivity contribution in [2.24, 2.45) is 16.6 Å². The van der Waals surface area contributed by atoms with Crippen LogP contribution in [0, 0.1) is 12.8 Å². The minimum absolute atomic E-state index is 0.0991. The summed E-state index contributed by atoms with van der Waals surface area (Å²) in [6.07, 6.45) is 2.29. The molecule has 4 N–H and O–H groups in total. The van der Waals surface area contributed by atoms with Crippen LogP contribution in [-0.4, -0.2) is 31.6 Å². The van der Waals surface area contributed by atoms with Gasteiger partial charge in [0.1, 0.15) is 0 Å². The number of amides is 1. The molecule has 0 aliphatic carbocycles. The number of carbonyl (C=O) groups excluding carboxylic acids is 1. The van der Waals surface area contributed by atoms with Crippen LogP contribution in [0.25, 0.3) is 0 Å². The second kappa shape index (κ2) is 10.8. The van der Waals surface area contributed by atoms with Crippen LogP contribution in [-0.2, 0) is 11.3 Å². The summed E-state index contributed by atoms with van der Waals surface area (Å²) in [7, 11) is 0. The molecule has 6 nitrogen and oxygen atoms in total. The van der Waals surface area contributed by atoms with Gasteiger partial charge in [-0.15, -0.1) is 0 Å². The molecule has 2 aromatic carbocycles. The fourth-order valence-electron chi connectivity index (χ4n) is 3.74. The minimum Gasteiger partial charge on any atom is -0.373 e. The number of nitrogens with zero attached hydrogens (tertiary/aromatic N) is 1. The Labute approximate surface area is 178 Å². The number of benzene rings is 2. The van der Waals surface area contributed by atoms with E-state index in [-0.39, 0.29) is 6.10 Å². The Bertz CT molecular complexity index is 864. The van der Waals surface area contributed by atoms with Gasteiger partial charge in [-0.05, 0) is 49.9 Å². The van der Waals surface area contributed by atoms with Crippen molar-refractivity contribution in [1.29, 1.82) is 0 Å². The average molecular weight is 409 g/mol. The van der Waals surface area contributed by atoms with Gasteiger partial charge in [0, 0.05) is 31.2 Å². The predicted octanol–water partition coefficient (Wildman–Crippen LogP) is 3.32. The zero-order valence-electron chi connectivity index (χ0n) is 17.9. The van der Waals surface area contributed by atoms with Crippen molar-refractivity contribution in [2.45, 2.75) is 39.3 Å². The highest BCUT2D eigenvalue weighted by atomic mass is 16.5. The number of guanidine groups is 1. The van der Waals surface area contributed by atoms with Gasteiger partial charge >= 0.3 is 0 Å². The highest BCUT2D eigenvalue weighted by Crippen LogP contribution is 2.33. The van der Waals surface area contributed by atoms with Gasteiger partial charge < -0.3 is 21.1 Å². The third kappa shape index (κ3) is 6.07. The molecular weight excluding hydrogens is 376 g/mol. The van der Waals surface area contributed by atoms with Gasteiger partial charge in [-0.1, -0.05) is 42.0 Å². The van der Waals surface area contributed by atoms with Crippen molar-refractivity contribution in [2.75, 3.05) is 19.7 Å². The molecule has 0 radical (unpaired) electrons. The summed E-state index contributed by atoms with van der Waals surface area (Å²) in [4.78, 5) is 16.1. The average Bonchev–Trinajstić information content (AvgIpc) is 2.76. The lowest BCUT2D eigenvalue weighted by Crippen LogP contribution is -2.42. The zero-order valence-corrected chi connectivity index (χ0v) is 17.9. The second-order valence-corrected chi connectivity index (χ2v) is 7.75. The van der Waals surface area contributed by atoms with Crippen LogP contribution < -0.4 is 16.4 Å². The minimum atomic E-state index is -0.426. The van der Waals surface area contributed by atoms with E-state index in [0.29, 0.717) is 18.0 Å². The molecule has 30 heavy (non-hydrogen) atoms. The lowest BCUT2D eigenvalue weighted by molar-refractivity contribution is -0.0265. The van der Waals surface area contributed by atoms with Gasteiger partial charge in [-0.25, -0.2) is 4.99 Å². The summed E-state index contributed by atoms with van der Waals surface area (Å²) in [5, 5.41) is 6.77. The SMILES string of the molecule is CCNC(=NCc1cccc(C(N)=O)c1)NCC1CCCOC1c1ccc(C)cc1. The Morgan fingerprint density at radius 1 is 1.20 bits per heavy atom. The van der Waals surface area contributed by atoms with Crippen LogP contribution >= 0.6 is 0 Å². The Morgan fingerprint density at radius 3 is 2.73 bits per heavy atom. The van der Waals surface area contributed by atoms with Crippen LogP contribution in [0.4, 0.5) is 0 Å². The van der Waals surface area contributed by atoms with Crippen molar-refractivity contribution in [1.82, 2.24) is 10.6 Å². The maximum absolute atomic E-state index is 11.4. The molecule has 2 atom stereocenters. The summed E-state index contributed by atoms with van der Waals surface area (Å²) in [5.41, 5.74) is 9.31.